The standard InChI is InChI=1S/C8H16N2O2/c1-7-9-4-8(6-12-7)5-11-3-2-10-8/h7,9-10H,2-6H2,1H3. The summed E-state index contributed by atoms with van der Waals surface area (Å²) in [7, 11) is 0. The van der Waals surface area contributed by atoms with Gasteiger partial charge in [-0.05, 0) is 6.92 Å². The first kappa shape index (κ1) is 8.44. The van der Waals surface area contributed by atoms with Gasteiger partial charge in [-0.25, -0.2) is 0 Å². The minimum atomic E-state index is 0.0325. The summed E-state index contributed by atoms with van der Waals surface area (Å²) in [5, 5.41) is 6.72. The molecule has 0 aromatic rings. The van der Waals surface area contributed by atoms with Crippen LogP contribution in [0.3, 0.4) is 0 Å². The Bertz CT molecular complexity index is 147. The molecule has 2 N–H and O–H groups in total. The highest BCUT2D eigenvalue weighted by Crippen LogP contribution is 2.14. The van der Waals surface area contributed by atoms with E-state index in [-0.39, 0.29) is 11.8 Å². The molecule has 2 aliphatic heterocycles. The predicted molar refractivity (Wildman–Crippen MR) is 45.0 cm³/mol. The number of hydrogen-bond donors (Lipinski definition) is 2. The third-order valence-electron chi connectivity index (χ3n) is 2.46. The Balaban J connectivity index is 1.92. The molecule has 0 aromatic heterocycles. The largest absolute Gasteiger partial charge is 0.378 e. The van der Waals surface area contributed by atoms with Crippen molar-refractivity contribution >= 4 is 0 Å². The highest BCUT2D eigenvalue weighted by atomic mass is 16.5. The van der Waals surface area contributed by atoms with Crippen LogP contribution in [0.25, 0.3) is 0 Å². The Morgan fingerprint density at radius 2 is 2.33 bits per heavy atom. The molecule has 2 heterocycles. The summed E-state index contributed by atoms with van der Waals surface area (Å²) < 4.78 is 10.9. The van der Waals surface area contributed by atoms with E-state index in [1.54, 1.807) is 0 Å². The summed E-state index contributed by atoms with van der Waals surface area (Å²) in [4.78, 5) is 0. The van der Waals surface area contributed by atoms with Gasteiger partial charge in [0.1, 0.15) is 6.23 Å². The molecule has 0 amide bonds. The predicted octanol–water partition coefficient (Wildman–Crippen LogP) is -0.689. The van der Waals surface area contributed by atoms with Crippen LogP contribution >= 0.6 is 0 Å². The Hall–Kier alpha value is -0.160. The molecule has 0 bridgehead atoms. The first-order chi connectivity index (χ1) is 5.81. The summed E-state index contributed by atoms with van der Waals surface area (Å²) in [5.41, 5.74) is 0.0325. The highest BCUT2D eigenvalue weighted by Gasteiger charge is 2.36. The van der Waals surface area contributed by atoms with Crippen molar-refractivity contribution in [1.82, 2.24) is 10.6 Å². The molecule has 2 unspecified atom stereocenters. The Morgan fingerprint density at radius 1 is 1.42 bits per heavy atom. The van der Waals surface area contributed by atoms with E-state index >= 15 is 0 Å². The molecule has 0 aliphatic carbocycles. The lowest BCUT2D eigenvalue weighted by Crippen LogP contribution is -2.66. The SMILES string of the molecule is CC1NCC2(COCCN2)CO1. The topological polar surface area (TPSA) is 42.5 Å². The second kappa shape index (κ2) is 3.30. The molecule has 12 heavy (non-hydrogen) atoms. The molecular formula is C8H16N2O2. The van der Waals surface area contributed by atoms with Gasteiger partial charge in [0.15, 0.2) is 0 Å². The van der Waals surface area contributed by atoms with Crippen molar-refractivity contribution in [2.45, 2.75) is 18.7 Å². The fourth-order valence-electron chi connectivity index (χ4n) is 1.65. The van der Waals surface area contributed by atoms with Crippen molar-refractivity contribution in [3.63, 3.8) is 0 Å². The second-order valence-electron chi connectivity index (χ2n) is 3.59. The fourth-order valence-corrected chi connectivity index (χ4v) is 1.65. The lowest BCUT2D eigenvalue weighted by molar-refractivity contribution is -0.0848. The van der Waals surface area contributed by atoms with Gasteiger partial charge in [-0.3, -0.25) is 5.32 Å². The van der Waals surface area contributed by atoms with Gasteiger partial charge >= 0.3 is 0 Å². The third kappa shape index (κ3) is 1.61. The van der Waals surface area contributed by atoms with E-state index in [4.69, 9.17) is 9.47 Å². The van der Waals surface area contributed by atoms with Gasteiger partial charge in [-0.1, -0.05) is 0 Å². The van der Waals surface area contributed by atoms with Crippen LogP contribution < -0.4 is 10.6 Å². The highest BCUT2D eigenvalue weighted by molar-refractivity contribution is 4.94. The van der Waals surface area contributed by atoms with Crippen LogP contribution in [-0.4, -0.2) is 44.7 Å². The van der Waals surface area contributed by atoms with E-state index < -0.39 is 0 Å². The minimum Gasteiger partial charge on any atom is -0.378 e. The number of nitrogens with one attached hydrogen (secondary N) is 2. The van der Waals surface area contributed by atoms with Crippen molar-refractivity contribution in [3.05, 3.63) is 0 Å². The summed E-state index contributed by atoms with van der Waals surface area (Å²) in [6.45, 7) is 6.22. The number of ether oxygens (including phenoxy) is 2. The van der Waals surface area contributed by atoms with Gasteiger partial charge in [0, 0.05) is 13.1 Å². The van der Waals surface area contributed by atoms with Crippen molar-refractivity contribution in [2.24, 2.45) is 0 Å². The monoisotopic (exact) mass is 172 g/mol. The van der Waals surface area contributed by atoms with Crippen LogP contribution in [0.2, 0.25) is 0 Å². The van der Waals surface area contributed by atoms with Crippen LogP contribution in [0, 0.1) is 0 Å². The maximum absolute atomic E-state index is 5.52. The maximum Gasteiger partial charge on any atom is 0.105 e. The van der Waals surface area contributed by atoms with Gasteiger partial charge in [0.2, 0.25) is 0 Å². The smallest absolute Gasteiger partial charge is 0.105 e. The van der Waals surface area contributed by atoms with Crippen LogP contribution in [0.5, 0.6) is 0 Å². The van der Waals surface area contributed by atoms with Gasteiger partial charge in [0.05, 0.1) is 25.4 Å². The summed E-state index contributed by atoms with van der Waals surface area (Å²) in [6.07, 6.45) is 0.180. The summed E-state index contributed by atoms with van der Waals surface area (Å²) in [6, 6.07) is 0. The number of hydrogen-bond acceptors (Lipinski definition) is 4. The maximum atomic E-state index is 5.52. The van der Waals surface area contributed by atoms with Crippen LogP contribution in [0.1, 0.15) is 6.92 Å². The van der Waals surface area contributed by atoms with Crippen molar-refractivity contribution in [1.29, 1.82) is 0 Å². The molecule has 2 aliphatic rings. The van der Waals surface area contributed by atoms with E-state index in [1.807, 2.05) is 6.92 Å². The van der Waals surface area contributed by atoms with Gasteiger partial charge in [-0.15, -0.1) is 0 Å². The molecule has 2 fully saturated rings. The molecule has 1 spiro atoms. The molecule has 2 atom stereocenters. The Kier molecular flexibility index (Phi) is 2.32. The van der Waals surface area contributed by atoms with E-state index in [0.29, 0.717) is 0 Å². The van der Waals surface area contributed by atoms with Crippen LogP contribution in [0.15, 0.2) is 0 Å². The fraction of sp³-hybridized carbons (Fsp3) is 1.00. The first-order valence-electron chi connectivity index (χ1n) is 4.49. The molecule has 0 aromatic carbocycles. The van der Waals surface area contributed by atoms with Crippen molar-refractivity contribution < 1.29 is 9.47 Å². The van der Waals surface area contributed by atoms with E-state index in [0.717, 1.165) is 32.9 Å². The first-order valence-corrected chi connectivity index (χ1v) is 4.49. The number of morpholine rings is 1. The van der Waals surface area contributed by atoms with Crippen LogP contribution in [-0.2, 0) is 9.47 Å². The average molecular weight is 172 g/mol. The number of rotatable bonds is 0. The average Bonchev–Trinajstić information content (AvgIpc) is 2.13. The van der Waals surface area contributed by atoms with E-state index in [9.17, 15) is 0 Å². The van der Waals surface area contributed by atoms with E-state index in [2.05, 4.69) is 10.6 Å². The Morgan fingerprint density at radius 3 is 2.92 bits per heavy atom. The molecule has 0 saturated carbocycles. The molecule has 2 rings (SSSR count). The second-order valence-corrected chi connectivity index (χ2v) is 3.59. The zero-order valence-electron chi connectivity index (χ0n) is 7.43. The Labute approximate surface area is 72.6 Å². The summed E-state index contributed by atoms with van der Waals surface area (Å²) >= 11 is 0. The molecule has 0 radical (unpaired) electrons. The third-order valence-corrected chi connectivity index (χ3v) is 2.46. The molecule has 2 saturated heterocycles. The molecular weight excluding hydrogens is 156 g/mol. The lowest BCUT2D eigenvalue weighted by Gasteiger charge is -2.42. The zero-order valence-corrected chi connectivity index (χ0v) is 7.43. The van der Waals surface area contributed by atoms with Gasteiger partial charge in [0.25, 0.3) is 0 Å². The molecule has 4 heteroatoms. The summed E-state index contributed by atoms with van der Waals surface area (Å²) in [5.74, 6) is 0. The van der Waals surface area contributed by atoms with Crippen LogP contribution in [0.4, 0.5) is 0 Å². The quantitative estimate of drug-likeness (QED) is 0.507. The molecule has 70 valence electrons. The minimum absolute atomic E-state index is 0.0325. The van der Waals surface area contributed by atoms with Gasteiger partial charge < -0.3 is 14.8 Å². The van der Waals surface area contributed by atoms with Crippen molar-refractivity contribution in [2.75, 3.05) is 32.9 Å². The van der Waals surface area contributed by atoms with E-state index in [1.165, 1.54) is 0 Å². The van der Waals surface area contributed by atoms with Gasteiger partial charge in [-0.2, -0.15) is 0 Å². The zero-order chi connectivity index (χ0) is 8.44. The van der Waals surface area contributed by atoms with Crippen molar-refractivity contribution in [3.8, 4) is 0 Å². The lowest BCUT2D eigenvalue weighted by atomic mass is 9.99. The molecule has 4 nitrogen and oxygen atoms in total. The normalized spacial score (nSPS) is 43.2.